The number of hydrogen-bond acceptors (Lipinski definition) is 6. The average molecular weight is 628 g/mol. The molecule has 12 heteroatoms. The molecule has 4 aromatic carbocycles. The number of benzene rings is 4. The largest absolute Gasteiger partial charge is 0.494 e. The number of sulfonamides is 2. The Morgan fingerprint density at radius 2 is 1.45 bits per heavy atom. The highest BCUT2D eigenvalue weighted by molar-refractivity contribution is 7.93. The first-order valence-electron chi connectivity index (χ1n) is 12.9. The van der Waals surface area contributed by atoms with Gasteiger partial charge in [0.2, 0.25) is 5.91 Å². The summed E-state index contributed by atoms with van der Waals surface area (Å²) in [4.78, 5) is 13.1. The van der Waals surface area contributed by atoms with Crippen molar-refractivity contribution in [1.82, 2.24) is 0 Å². The normalized spacial score (nSPS) is 11.5. The molecule has 0 heterocycles. The molecule has 0 unspecified atom stereocenters. The molecule has 0 fully saturated rings. The number of amides is 1. The molecule has 0 aliphatic heterocycles. The Morgan fingerprint density at radius 1 is 0.833 bits per heavy atom. The monoisotopic (exact) mass is 627 g/mol. The number of ether oxygens (including phenoxy) is 1. The van der Waals surface area contributed by atoms with E-state index in [-0.39, 0.29) is 15.5 Å². The second kappa shape index (κ2) is 12.8. The molecule has 1 amide bonds. The second-order valence-electron chi connectivity index (χ2n) is 9.39. The van der Waals surface area contributed by atoms with Gasteiger partial charge in [0.1, 0.15) is 12.3 Å². The van der Waals surface area contributed by atoms with E-state index in [2.05, 4.69) is 10.0 Å². The Hall–Kier alpha value is -4.06. The van der Waals surface area contributed by atoms with E-state index in [0.717, 1.165) is 15.4 Å². The zero-order chi connectivity index (χ0) is 30.5. The first-order chi connectivity index (χ1) is 19.9. The van der Waals surface area contributed by atoms with Crippen LogP contribution in [0.15, 0.2) is 101 Å². The van der Waals surface area contributed by atoms with E-state index >= 15 is 0 Å². The maximum atomic E-state index is 13.6. The van der Waals surface area contributed by atoms with Crippen LogP contribution < -0.4 is 19.1 Å². The molecule has 4 rings (SSSR count). The standard InChI is InChI=1S/C30H30ClN3O6S2/c1-4-40-26-13-11-25(12-14-26)34(42(38,39)28-15-7-23(31)8-16-28)20-30(35)32-24-9-17-27(18-10-24)41(36,37)33-29-19-21(2)5-6-22(29)3/h5-19,33H,4,20H2,1-3H3,(H,32,35). The molecule has 0 saturated heterocycles. The van der Waals surface area contributed by atoms with Crippen LogP contribution in [0.3, 0.4) is 0 Å². The summed E-state index contributed by atoms with van der Waals surface area (Å²) in [5.74, 6) is -0.0813. The summed E-state index contributed by atoms with van der Waals surface area (Å²) in [6.45, 7) is 5.40. The number of carbonyl (C=O) groups is 1. The van der Waals surface area contributed by atoms with Crippen molar-refractivity contribution in [2.75, 3.05) is 27.5 Å². The summed E-state index contributed by atoms with van der Waals surface area (Å²) in [6.07, 6.45) is 0. The van der Waals surface area contributed by atoms with Gasteiger partial charge in [-0.2, -0.15) is 0 Å². The molecular formula is C30H30ClN3O6S2. The number of rotatable bonds is 11. The predicted molar refractivity (Wildman–Crippen MR) is 165 cm³/mol. The molecule has 0 saturated carbocycles. The highest BCUT2D eigenvalue weighted by Gasteiger charge is 2.27. The minimum atomic E-state index is -4.16. The Bertz CT molecular complexity index is 1780. The summed E-state index contributed by atoms with van der Waals surface area (Å²) in [7, 11) is -8.04. The lowest BCUT2D eigenvalue weighted by Crippen LogP contribution is -2.38. The Labute approximate surface area is 251 Å². The number of hydrogen-bond donors (Lipinski definition) is 2. The van der Waals surface area contributed by atoms with Crippen molar-refractivity contribution >= 4 is 54.6 Å². The zero-order valence-corrected chi connectivity index (χ0v) is 25.6. The van der Waals surface area contributed by atoms with Gasteiger partial charge in [-0.05, 0) is 111 Å². The quantitative estimate of drug-likeness (QED) is 0.211. The second-order valence-corrected chi connectivity index (χ2v) is 13.4. The van der Waals surface area contributed by atoms with Gasteiger partial charge in [0, 0.05) is 10.7 Å². The van der Waals surface area contributed by atoms with Gasteiger partial charge in [-0.1, -0.05) is 23.7 Å². The fourth-order valence-corrected chi connectivity index (χ4v) is 6.69. The van der Waals surface area contributed by atoms with Crippen LogP contribution in [0.2, 0.25) is 5.02 Å². The number of halogens is 1. The third kappa shape index (κ3) is 7.41. The highest BCUT2D eigenvalue weighted by atomic mass is 35.5. The van der Waals surface area contributed by atoms with Crippen LogP contribution in [-0.4, -0.2) is 35.9 Å². The van der Waals surface area contributed by atoms with Gasteiger partial charge in [0.05, 0.1) is 27.8 Å². The van der Waals surface area contributed by atoms with Gasteiger partial charge < -0.3 is 10.1 Å². The topological polar surface area (TPSA) is 122 Å². The van der Waals surface area contributed by atoms with E-state index in [9.17, 15) is 21.6 Å². The number of aryl methyl sites for hydroxylation is 2. The van der Waals surface area contributed by atoms with Crippen molar-refractivity contribution in [2.24, 2.45) is 0 Å². The SMILES string of the molecule is CCOc1ccc(N(CC(=O)Nc2ccc(S(=O)(=O)Nc3cc(C)ccc3C)cc2)S(=O)(=O)c2ccc(Cl)cc2)cc1. The van der Waals surface area contributed by atoms with Crippen LogP contribution in [0.1, 0.15) is 18.1 Å². The van der Waals surface area contributed by atoms with Crippen molar-refractivity contribution in [2.45, 2.75) is 30.6 Å². The van der Waals surface area contributed by atoms with Gasteiger partial charge >= 0.3 is 0 Å². The molecule has 0 radical (unpaired) electrons. The summed E-state index contributed by atoms with van der Waals surface area (Å²) < 4.78 is 62.1. The molecule has 0 bridgehead atoms. The smallest absolute Gasteiger partial charge is 0.264 e. The van der Waals surface area contributed by atoms with E-state index in [1.807, 2.05) is 26.0 Å². The lowest BCUT2D eigenvalue weighted by atomic mass is 10.1. The number of carbonyl (C=O) groups excluding carboxylic acids is 1. The lowest BCUT2D eigenvalue weighted by molar-refractivity contribution is -0.114. The maximum Gasteiger partial charge on any atom is 0.264 e. The molecule has 9 nitrogen and oxygen atoms in total. The van der Waals surface area contributed by atoms with Crippen LogP contribution in [-0.2, 0) is 24.8 Å². The van der Waals surface area contributed by atoms with Crippen molar-refractivity contribution in [1.29, 1.82) is 0 Å². The fourth-order valence-electron chi connectivity index (χ4n) is 4.02. The van der Waals surface area contributed by atoms with E-state index in [4.69, 9.17) is 16.3 Å². The lowest BCUT2D eigenvalue weighted by Gasteiger charge is -2.24. The van der Waals surface area contributed by atoms with Crippen LogP contribution in [0.5, 0.6) is 5.75 Å². The van der Waals surface area contributed by atoms with Crippen LogP contribution in [0, 0.1) is 13.8 Å². The Balaban J connectivity index is 1.54. The molecule has 42 heavy (non-hydrogen) atoms. The fraction of sp³-hybridized carbons (Fsp3) is 0.167. The van der Waals surface area contributed by atoms with Crippen LogP contribution >= 0.6 is 11.6 Å². The van der Waals surface area contributed by atoms with Gasteiger partial charge in [-0.15, -0.1) is 0 Å². The number of nitrogens with one attached hydrogen (secondary N) is 2. The summed E-state index contributed by atoms with van der Waals surface area (Å²) >= 11 is 5.94. The van der Waals surface area contributed by atoms with Crippen LogP contribution in [0.4, 0.5) is 17.1 Å². The van der Waals surface area contributed by atoms with Crippen molar-refractivity contribution in [3.63, 3.8) is 0 Å². The third-order valence-electron chi connectivity index (χ3n) is 6.21. The highest BCUT2D eigenvalue weighted by Crippen LogP contribution is 2.27. The van der Waals surface area contributed by atoms with Crippen molar-refractivity contribution in [3.8, 4) is 5.75 Å². The van der Waals surface area contributed by atoms with Gasteiger partial charge in [0.15, 0.2) is 0 Å². The summed E-state index contributed by atoms with van der Waals surface area (Å²) in [5.41, 5.74) is 2.71. The molecule has 0 aliphatic carbocycles. The van der Waals surface area contributed by atoms with E-state index in [1.54, 1.807) is 37.3 Å². The van der Waals surface area contributed by atoms with E-state index < -0.39 is 32.5 Å². The van der Waals surface area contributed by atoms with E-state index in [0.29, 0.717) is 28.8 Å². The number of nitrogens with zero attached hydrogens (tertiary/aromatic N) is 1. The minimum absolute atomic E-state index is 0.00253. The summed E-state index contributed by atoms with van der Waals surface area (Å²) in [5, 5.41) is 3.01. The van der Waals surface area contributed by atoms with Gasteiger partial charge in [-0.25, -0.2) is 16.8 Å². The molecule has 220 valence electrons. The van der Waals surface area contributed by atoms with Gasteiger partial charge in [0.25, 0.3) is 20.0 Å². The average Bonchev–Trinajstić information content (AvgIpc) is 2.95. The molecular weight excluding hydrogens is 598 g/mol. The molecule has 0 atom stereocenters. The Morgan fingerprint density at radius 3 is 2.07 bits per heavy atom. The molecule has 0 aliphatic rings. The first kappa shape index (κ1) is 30.9. The zero-order valence-electron chi connectivity index (χ0n) is 23.2. The third-order valence-corrected chi connectivity index (χ3v) is 9.63. The predicted octanol–water partition coefficient (Wildman–Crippen LogP) is 5.99. The Kier molecular flexibility index (Phi) is 9.45. The summed E-state index contributed by atoms with van der Waals surface area (Å²) in [6, 6.07) is 23.0. The molecule has 0 spiro atoms. The minimum Gasteiger partial charge on any atom is -0.494 e. The van der Waals surface area contributed by atoms with Crippen LogP contribution in [0.25, 0.3) is 0 Å². The van der Waals surface area contributed by atoms with Gasteiger partial charge in [-0.3, -0.25) is 13.8 Å². The molecule has 4 aromatic rings. The first-order valence-corrected chi connectivity index (χ1v) is 16.2. The van der Waals surface area contributed by atoms with E-state index in [1.165, 1.54) is 48.5 Å². The number of anilines is 3. The molecule has 0 aromatic heterocycles. The maximum absolute atomic E-state index is 13.6. The van der Waals surface area contributed by atoms with Crippen molar-refractivity contribution < 1.29 is 26.4 Å². The van der Waals surface area contributed by atoms with Crippen molar-refractivity contribution in [3.05, 3.63) is 107 Å². The molecule has 2 N–H and O–H groups in total.